The van der Waals surface area contributed by atoms with E-state index >= 15 is 0 Å². The van der Waals surface area contributed by atoms with Gasteiger partial charge < -0.3 is 18.0 Å². The van der Waals surface area contributed by atoms with Crippen LogP contribution in [-0.2, 0) is 22.8 Å². The summed E-state index contributed by atoms with van der Waals surface area (Å²) in [7, 11) is 4.36. The van der Waals surface area contributed by atoms with Crippen LogP contribution in [0.1, 0.15) is 0 Å². The van der Waals surface area contributed by atoms with E-state index in [2.05, 4.69) is 11.3 Å². The molecule has 0 rings (SSSR count). The largest absolute Gasteiger partial charge is 0.483 e. The smallest absolute Gasteiger partial charge is 0.466 e. The first-order valence-electron chi connectivity index (χ1n) is 3.45. The van der Waals surface area contributed by atoms with Gasteiger partial charge >= 0.3 is 15.5 Å². The second-order valence-corrected chi connectivity index (χ2v) is 3.71. The lowest BCUT2D eigenvalue weighted by molar-refractivity contribution is -0.134. The highest BCUT2D eigenvalue weighted by atomic mass is 28.3. The molecule has 0 heterocycles. The second-order valence-electron chi connectivity index (χ2n) is 1.72. The van der Waals surface area contributed by atoms with Crippen molar-refractivity contribution in [3.8, 4) is 0 Å². The van der Waals surface area contributed by atoms with Crippen molar-refractivity contribution in [3.63, 3.8) is 0 Å². The maximum Gasteiger partial charge on any atom is 0.483 e. The molecule has 0 aromatic heterocycles. The van der Waals surface area contributed by atoms with Crippen molar-refractivity contribution in [3.05, 3.63) is 12.7 Å². The zero-order valence-corrected chi connectivity index (χ0v) is 9.56. The highest BCUT2D eigenvalue weighted by molar-refractivity contribution is 6.36. The van der Waals surface area contributed by atoms with Crippen molar-refractivity contribution >= 4 is 15.5 Å². The Balaban J connectivity index is 0. The van der Waals surface area contributed by atoms with Crippen LogP contribution in [0.5, 0.6) is 0 Å². The first-order chi connectivity index (χ1) is 6.15. The van der Waals surface area contributed by atoms with Crippen LogP contribution in [0.4, 0.5) is 0 Å². The minimum absolute atomic E-state index is 0.394. The molecule has 0 aliphatic carbocycles. The Kier molecular flexibility index (Phi) is 12.9. The van der Waals surface area contributed by atoms with Gasteiger partial charge in [-0.2, -0.15) is 0 Å². The Bertz CT molecular complexity index is 129. The number of ether oxygens (including phenoxy) is 1. The molecule has 0 amide bonds. The number of rotatable bonds is 4. The van der Waals surface area contributed by atoms with Gasteiger partial charge in [0.05, 0.1) is 7.11 Å². The van der Waals surface area contributed by atoms with Crippen molar-refractivity contribution in [2.75, 3.05) is 28.4 Å². The minimum Gasteiger partial charge on any atom is -0.466 e. The lowest BCUT2D eigenvalue weighted by Gasteiger charge is -2.05. The molecule has 0 saturated carbocycles. The summed E-state index contributed by atoms with van der Waals surface area (Å²) in [5.41, 5.74) is 0. The number of hydrogen-bond acceptors (Lipinski definition) is 5. The van der Waals surface area contributed by atoms with E-state index in [4.69, 9.17) is 13.3 Å². The van der Waals surface area contributed by atoms with Crippen LogP contribution < -0.4 is 0 Å². The van der Waals surface area contributed by atoms with Crippen LogP contribution in [0.2, 0.25) is 0 Å². The quantitative estimate of drug-likeness (QED) is 0.369. The van der Waals surface area contributed by atoms with Crippen molar-refractivity contribution in [1.29, 1.82) is 0 Å². The van der Waals surface area contributed by atoms with E-state index in [1.807, 2.05) is 0 Å². The molecule has 0 bridgehead atoms. The Hall–Kier alpha value is -0.693. The predicted molar refractivity (Wildman–Crippen MR) is 50.4 cm³/mol. The molecular weight excluding hydrogens is 192 g/mol. The molecule has 0 aliphatic heterocycles. The van der Waals surface area contributed by atoms with Gasteiger partial charge in [-0.1, -0.05) is 6.58 Å². The van der Waals surface area contributed by atoms with Gasteiger partial charge in [-0.15, -0.1) is 0 Å². The van der Waals surface area contributed by atoms with Crippen molar-refractivity contribution in [2.45, 2.75) is 0 Å². The molecule has 0 fully saturated rings. The highest BCUT2D eigenvalue weighted by Crippen LogP contribution is 1.81. The molecule has 0 spiro atoms. The molecule has 78 valence electrons. The normalized spacial score (nSPS) is 8.69. The van der Waals surface area contributed by atoms with Crippen molar-refractivity contribution in [2.24, 2.45) is 0 Å². The van der Waals surface area contributed by atoms with Gasteiger partial charge in [0.1, 0.15) is 0 Å². The van der Waals surface area contributed by atoms with Crippen LogP contribution in [0.3, 0.4) is 0 Å². The van der Waals surface area contributed by atoms with Crippen LogP contribution in [-0.4, -0.2) is 43.9 Å². The summed E-state index contributed by atoms with van der Waals surface area (Å²) in [5, 5.41) is 0. The average molecular weight is 208 g/mol. The Morgan fingerprint density at radius 2 is 1.54 bits per heavy atom. The third-order valence-electron chi connectivity index (χ3n) is 0.945. The van der Waals surface area contributed by atoms with Crippen molar-refractivity contribution < 1.29 is 22.8 Å². The molecule has 0 unspecified atom stereocenters. The summed E-state index contributed by atoms with van der Waals surface area (Å²) in [5.74, 6) is -0.394. The molecule has 6 heteroatoms. The second kappa shape index (κ2) is 11.3. The van der Waals surface area contributed by atoms with Gasteiger partial charge in [0.15, 0.2) is 0 Å². The van der Waals surface area contributed by atoms with Gasteiger partial charge in [0.2, 0.25) is 0 Å². The standard InChI is InChI=1S/C4H6O2.C3H10O3Si/c1-3-4(5)6-2;1-4-7(5-2)6-3/h3H,1H2,2H3;7H,1-3H3. The molecular formula is C7H16O5Si. The highest BCUT2D eigenvalue weighted by Gasteiger charge is 2.04. The average Bonchev–Trinajstić information content (AvgIpc) is 2.20. The Labute approximate surface area is 80.2 Å². The number of carbonyl (C=O) groups excluding carboxylic acids is 1. The zero-order valence-electron chi connectivity index (χ0n) is 8.40. The third-order valence-corrected chi connectivity index (χ3v) is 2.10. The summed E-state index contributed by atoms with van der Waals surface area (Å²) >= 11 is 0. The van der Waals surface area contributed by atoms with Crippen LogP contribution >= 0.6 is 0 Å². The molecule has 0 N–H and O–H groups in total. The van der Waals surface area contributed by atoms with Crippen molar-refractivity contribution in [1.82, 2.24) is 0 Å². The van der Waals surface area contributed by atoms with E-state index in [9.17, 15) is 4.79 Å². The summed E-state index contributed by atoms with van der Waals surface area (Å²) in [6, 6.07) is 0. The molecule has 5 nitrogen and oxygen atoms in total. The molecule has 0 radical (unpaired) electrons. The van der Waals surface area contributed by atoms with Gasteiger partial charge in [-0.25, -0.2) is 4.79 Å². The first-order valence-corrected chi connectivity index (χ1v) is 4.86. The Morgan fingerprint density at radius 3 is 1.54 bits per heavy atom. The molecule has 0 aliphatic rings. The summed E-state index contributed by atoms with van der Waals surface area (Å²) in [6.07, 6.45) is 1.11. The lowest BCUT2D eigenvalue weighted by Crippen LogP contribution is -2.21. The number of methoxy groups -OCH3 is 1. The molecule has 0 aromatic carbocycles. The van der Waals surface area contributed by atoms with E-state index in [1.165, 1.54) is 7.11 Å². The monoisotopic (exact) mass is 208 g/mol. The van der Waals surface area contributed by atoms with Gasteiger partial charge in [-0.05, 0) is 0 Å². The lowest BCUT2D eigenvalue weighted by atomic mass is 10.7. The topological polar surface area (TPSA) is 54.0 Å². The summed E-state index contributed by atoms with van der Waals surface area (Å²) in [4.78, 5) is 9.84. The first kappa shape index (κ1) is 14.8. The number of carbonyl (C=O) groups is 1. The van der Waals surface area contributed by atoms with Gasteiger partial charge in [0.25, 0.3) is 0 Å². The number of esters is 1. The van der Waals surface area contributed by atoms with Crippen LogP contribution in [0.15, 0.2) is 12.7 Å². The summed E-state index contributed by atoms with van der Waals surface area (Å²) in [6.45, 7) is 3.16. The zero-order chi connectivity index (χ0) is 10.7. The third kappa shape index (κ3) is 11.3. The fourth-order valence-corrected chi connectivity index (χ4v) is 0.949. The molecule has 0 aromatic rings. The van der Waals surface area contributed by atoms with E-state index in [0.717, 1.165) is 6.08 Å². The number of hydrogen-bond donors (Lipinski definition) is 0. The fraction of sp³-hybridized carbons (Fsp3) is 0.571. The maximum atomic E-state index is 9.84. The van der Waals surface area contributed by atoms with E-state index in [1.54, 1.807) is 21.3 Å². The van der Waals surface area contributed by atoms with E-state index in [0.29, 0.717) is 0 Å². The predicted octanol–water partition coefficient (Wildman–Crippen LogP) is -0.0118. The Morgan fingerprint density at radius 1 is 1.15 bits per heavy atom. The van der Waals surface area contributed by atoms with Crippen LogP contribution in [0, 0.1) is 0 Å². The molecule has 13 heavy (non-hydrogen) atoms. The summed E-state index contributed by atoms with van der Waals surface area (Å²) < 4.78 is 18.4. The SMILES string of the molecule is C=CC(=O)OC.CO[SiH](OC)OC. The van der Waals surface area contributed by atoms with Gasteiger partial charge in [0, 0.05) is 27.4 Å². The maximum absolute atomic E-state index is 9.84. The van der Waals surface area contributed by atoms with Crippen LogP contribution in [0.25, 0.3) is 0 Å². The molecule has 0 saturated heterocycles. The minimum atomic E-state index is -1.67. The fourth-order valence-electron chi connectivity index (χ4n) is 0.372. The van der Waals surface area contributed by atoms with Gasteiger partial charge in [-0.3, -0.25) is 0 Å². The molecule has 0 atom stereocenters. The van der Waals surface area contributed by atoms with E-state index < -0.39 is 15.5 Å². The van der Waals surface area contributed by atoms with E-state index in [-0.39, 0.29) is 0 Å².